The maximum Gasteiger partial charge on any atom is 0.263 e. The van der Waals surface area contributed by atoms with Crippen LogP contribution in [0.15, 0.2) is 34.7 Å². The SMILES string of the molecule is Cc1ccc(-c2nc(C)c(C(=O)NC(C)c3ccc4c(c3)CCC(=O)N4)s2)o1. The van der Waals surface area contributed by atoms with Crippen LogP contribution in [0.2, 0.25) is 0 Å². The fourth-order valence-electron chi connectivity index (χ4n) is 3.28. The van der Waals surface area contributed by atoms with Gasteiger partial charge in [-0.25, -0.2) is 4.98 Å². The number of hydrogen-bond donors (Lipinski definition) is 2. The van der Waals surface area contributed by atoms with Crippen molar-refractivity contribution in [3.63, 3.8) is 0 Å². The number of thiazole rings is 1. The molecule has 0 spiro atoms. The number of carbonyl (C=O) groups excluding carboxylic acids is 2. The number of aryl methyl sites for hydroxylation is 3. The molecule has 4 rings (SSSR count). The molecule has 6 nitrogen and oxygen atoms in total. The number of nitrogens with zero attached hydrogens (tertiary/aromatic N) is 1. The van der Waals surface area contributed by atoms with Gasteiger partial charge in [-0.3, -0.25) is 9.59 Å². The lowest BCUT2D eigenvalue weighted by Crippen LogP contribution is -2.27. The van der Waals surface area contributed by atoms with Crippen LogP contribution < -0.4 is 10.6 Å². The van der Waals surface area contributed by atoms with E-state index in [1.807, 2.05) is 45.0 Å². The van der Waals surface area contributed by atoms with Gasteiger partial charge in [0.1, 0.15) is 10.6 Å². The van der Waals surface area contributed by atoms with Crippen molar-refractivity contribution >= 4 is 28.8 Å². The highest BCUT2D eigenvalue weighted by molar-refractivity contribution is 7.17. The highest BCUT2D eigenvalue weighted by atomic mass is 32.1. The van der Waals surface area contributed by atoms with Crippen molar-refractivity contribution in [2.75, 3.05) is 5.32 Å². The van der Waals surface area contributed by atoms with E-state index in [0.29, 0.717) is 27.8 Å². The van der Waals surface area contributed by atoms with Crippen LogP contribution in [-0.4, -0.2) is 16.8 Å². The van der Waals surface area contributed by atoms with E-state index in [9.17, 15) is 9.59 Å². The molecule has 0 saturated carbocycles. The highest BCUT2D eigenvalue weighted by Crippen LogP contribution is 2.30. The van der Waals surface area contributed by atoms with Gasteiger partial charge < -0.3 is 15.1 Å². The summed E-state index contributed by atoms with van der Waals surface area (Å²) in [7, 11) is 0. The molecule has 2 N–H and O–H groups in total. The number of rotatable bonds is 4. The number of hydrogen-bond acceptors (Lipinski definition) is 5. The van der Waals surface area contributed by atoms with Gasteiger partial charge in [0, 0.05) is 12.1 Å². The van der Waals surface area contributed by atoms with Crippen molar-refractivity contribution < 1.29 is 14.0 Å². The smallest absolute Gasteiger partial charge is 0.263 e. The molecule has 1 aromatic carbocycles. The summed E-state index contributed by atoms with van der Waals surface area (Å²) in [6.07, 6.45) is 1.21. The standard InChI is InChI=1S/C21H21N3O3S/c1-11-4-8-17(27-11)21-23-13(3)19(28-21)20(26)22-12(2)14-5-7-16-15(10-14)6-9-18(25)24-16/h4-5,7-8,10,12H,6,9H2,1-3H3,(H,22,26)(H,24,25). The number of carbonyl (C=O) groups is 2. The van der Waals surface area contributed by atoms with Crippen LogP contribution in [0.1, 0.15) is 51.6 Å². The molecule has 0 saturated heterocycles. The minimum atomic E-state index is -0.161. The van der Waals surface area contributed by atoms with Gasteiger partial charge in [-0.05, 0) is 56.5 Å². The summed E-state index contributed by atoms with van der Waals surface area (Å²) in [6, 6.07) is 9.48. The van der Waals surface area contributed by atoms with Gasteiger partial charge in [-0.15, -0.1) is 11.3 Å². The maximum atomic E-state index is 12.8. The van der Waals surface area contributed by atoms with Crippen molar-refractivity contribution in [2.24, 2.45) is 0 Å². The molecule has 144 valence electrons. The maximum absolute atomic E-state index is 12.8. The molecule has 3 aromatic rings. The molecule has 1 aliphatic rings. The Kier molecular flexibility index (Phi) is 4.77. The molecule has 1 aliphatic heterocycles. The molecular formula is C21H21N3O3S. The summed E-state index contributed by atoms with van der Waals surface area (Å²) >= 11 is 1.33. The Morgan fingerprint density at radius 1 is 1.25 bits per heavy atom. The lowest BCUT2D eigenvalue weighted by atomic mass is 9.98. The minimum absolute atomic E-state index is 0.0461. The van der Waals surface area contributed by atoms with E-state index < -0.39 is 0 Å². The molecule has 0 aliphatic carbocycles. The monoisotopic (exact) mass is 395 g/mol. The zero-order chi connectivity index (χ0) is 19.8. The molecule has 1 atom stereocenters. The predicted molar refractivity (Wildman–Crippen MR) is 109 cm³/mol. The van der Waals surface area contributed by atoms with Crippen molar-refractivity contribution in [3.8, 4) is 10.8 Å². The first kappa shape index (κ1) is 18.4. The van der Waals surface area contributed by atoms with E-state index in [0.717, 1.165) is 29.0 Å². The first-order valence-corrected chi connectivity index (χ1v) is 10.00. The van der Waals surface area contributed by atoms with Crippen molar-refractivity contribution in [3.05, 3.63) is 57.8 Å². The van der Waals surface area contributed by atoms with Gasteiger partial charge >= 0.3 is 0 Å². The number of furan rings is 1. The Bertz CT molecular complexity index is 1070. The summed E-state index contributed by atoms with van der Waals surface area (Å²) in [5.41, 5.74) is 3.65. The van der Waals surface area contributed by atoms with E-state index in [4.69, 9.17) is 4.42 Å². The molecule has 7 heteroatoms. The quantitative estimate of drug-likeness (QED) is 0.686. The highest BCUT2D eigenvalue weighted by Gasteiger charge is 2.21. The zero-order valence-electron chi connectivity index (χ0n) is 16.0. The van der Waals surface area contributed by atoms with E-state index >= 15 is 0 Å². The molecule has 0 bridgehead atoms. The second kappa shape index (κ2) is 7.24. The van der Waals surface area contributed by atoms with E-state index in [-0.39, 0.29) is 17.9 Å². The van der Waals surface area contributed by atoms with Crippen molar-refractivity contribution in [2.45, 2.75) is 39.7 Å². The Morgan fingerprint density at radius 3 is 2.82 bits per heavy atom. The Hall–Kier alpha value is -2.93. The minimum Gasteiger partial charge on any atom is -0.459 e. The van der Waals surface area contributed by atoms with Gasteiger partial charge in [0.2, 0.25) is 5.91 Å². The number of aromatic nitrogens is 1. The van der Waals surface area contributed by atoms with E-state index in [1.165, 1.54) is 11.3 Å². The van der Waals surface area contributed by atoms with Crippen LogP contribution in [0.3, 0.4) is 0 Å². The van der Waals surface area contributed by atoms with Gasteiger partial charge in [0.05, 0.1) is 11.7 Å². The van der Waals surface area contributed by atoms with E-state index in [1.54, 1.807) is 0 Å². The van der Waals surface area contributed by atoms with Crippen LogP contribution in [-0.2, 0) is 11.2 Å². The second-order valence-corrected chi connectivity index (χ2v) is 8.00. The predicted octanol–water partition coefficient (Wildman–Crippen LogP) is 4.40. The molecule has 28 heavy (non-hydrogen) atoms. The largest absolute Gasteiger partial charge is 0.459 e. The lowest BCUT2D eigenvalue weighted by Gasteiger charge is -2.20. The molecule has 0 radical (unpaired) electrons. The molecular weight excluding hydrogens is 374 g/mol. The number of benzene rings is 1. The van der Waals surface area contributed by atoms with Gasteiger partial charge in [-0.1, -0.05) is 12.1 Å². The zero-order valence-corrected chi connectivity index (χ0v) is 16.8. The van der Waals surface area contributed by atoms with Crippen LogP contribution in [0, 0.1) is 13.8 Å². The van der Waals surface area contributed by atoms with Crippen LogP contribution in [0.25, 0.3) is 10.8 Å². The summed E-state index contributed by atoms with van der Waals surface area (Å²) in [6.45, 7) is 5.66. The van der Waals surface area contributed by atoms with Crippen LogP contribution in [0.4, 0.5) is 5.69 Å². The van der Waals surface area contributed by atoms with Crippen LogP contribution in [0.5, 0.6) is 0 Å². The fourth-order valence-corrected chi connectivity index (χ4v) is 4.21. The number of nitrogens with one attached hydrogen (secondary N) is 2. The van der Waals surface area contributed by atoms with E-state index in [2.05, 4.69) is 21.7 Å². The second-order valence-electron chi connectivity index (χ2n) is 7.00. The summed E-state index contributed by atoms with van der Waals surface area (Å²) in [5.74, 6) is 1.38. The fraction of sp³-hybridized carbons (Fsp3) is 0.286. The summed E-state index contributed by atoms with van der Waals surface area (Å²) in [5, 5.41) is 6.63. The van der Waals surface area contributed by atoms with Crippen molar-refractivity contribution in [1.29, 1.82) is 0 Å². The molecule has 2 amide bonds. The molecule has 2 aromatic heterocycles. The topological polar surface area (TPSA) is 84.2 Å². The third-order valence-electron chi connectivity index (χ3n) is 4.83. The average molecular weight is 395 g/mol. The van der Waals surface area contributed by atoms with Crippen LogP contribution >= 0.6 is 11.3 Å². The first-order chi connectivity index (χ1) is 13.4. The summed E-state index contributed by atoms with van der Waals surface area (Å²) < 4.78 is 5.61. The Balaban J connectivity index is 1.51. The number of anilines is 1. The normalized spacial score (nSPS) is 14.3. The van der Waals surface area contributed by atoms with Crippen molar-refractivity contribution in [1.82, 2.24) is 10.3 Å². The number of fused-ring (bicyclic) bond motifs is 1. The number of amides is 2. The third-order valence-corrected chi connectivity index (χ3v) is 6.00. The first-order valence-electron chi connectivity index (χ1n) is 9.18. The molecule has 1 unspecified atom stereocenters. The average Bonchev–Trinajstić information content (AvgIpc) is 3.26. The Morgan fingerprint density at radius 2 is 2.07 bits per heavy atom. The lowest BCUT2D eigenvalue weighted by molar-refractivity contribution is -0.116. The molecule has 0 fully saturated rings. The Labute approximate surface area is 167 Å². The summed E-state index contributed by atoms with van der Waals surface area (Å²) in [4.78, 5) is 29.4. The van der Waals surface area contributed by atoms with Gasteiger partial charge in [0.25, 0.3) is 5.91 Å². The van der Waals surface area contributed by atoms with Gasteiger partial charge in [-0.2, -0.15) is 0 Å². The third kappa shape index (κ3) is 3.57. The molecule has 3 heterocycles. The van der Waals surface area contributed by atoms with Gasteiger partial charge in [0.15, 0.2) is 10.8 Å².